The Labute approximate surface area is 202 Å². The molecule has 0 spiro atoms. The first kappa shape index (κ1) is 23.4. The predicted molar refractivity (Wildman–Crippen MR) is 130 cm³/mol. The summed E-state index contributed by atoms with van der Waals surface area (Å²) in [4.78, 5) is 40.5. The SMILES string of the molecule is CCOC(=O)Cc1ccc(NC(=O)Nc2nnc(SCc3cc(=O)n4ccccc4n3)s2)cc1. The Hall–Kier alpha value is -3.77. The second kappa shape index (κ2) is 10.9. The molecular weight excluding hydrogens is 476 g/mol. The molecule has 0 aliphatic rings. The summed E-state index contributed by atoms with van der Waals surface area (Å²) in [7, 11) is 0. The van der Waals surface area contributed by atoms with E-state index in [4.69, 9.17) is 4.74 Å². The van der Waals surface area contributed by atoms with Gasteiger partial charge in [0.15, 0.2) is 4.34 Å². The number of benzene rings is 1. The van der Waals surface area contributed by atoms with Crippen molar-refractivity contribution >= 4 is 51.6 Å². The summed E-state index contributed by atoms with van der Waals surface area (Å²) < 4.78 is 7.04. The lowest BCUT2D eigenvalue weighted by atomic mass is 10.1. The lowest BCUT2D eigenvalue weighted by Crippen LogP contribution is -2.19. The third kappa shape index (κ3) is 6.17. The van der Waals surface area contributed by atoms with E-state index in [-0.39, 0.29) is 17.9 Å². The second-order valence-electron chi connectivity index (χ2n) is 6.93. The van der Waals surface area contributed by atoms with Crippen LogP contribution in [0, 0.1) is 0 Å². The second-order valence-corrected chi connectivity index (χ2v) is 9.13. The van der Waals surface area contributed by atoms with Crippen LogP contribution < -0.4 is 16.2 Å². The van der Waals surface area contributed by atoms with Crippen LogP contribution in [0.4, 0.5) is 15.6 Å². The van der Waals surface area contributed by atoms with E-state index in [1.54, 1.807) is 49.5 Å². The number of nitrogens with one attached hydrogen (secondary N) is 2. The van der Waals surface area contributed by atoms with Gasteiger partial charge in [-0.3, -0.25) is 19.3 Å². The summed E-state index contributed by atoms with van der Waals surface area (Å²) in [6.07, 6.45) is 1.85. The number of carbonyl (C=O) groups excluding carboxylic acids is 2. The average molecular weight is 497 g/mol. The molecular formula is C22H20N6O4S2. The van der Waals surface area contributed by atoms with Crippen LogP contribution in [0.3, 0.4) is 0 Å². The van der Waals surface area contributed by atoms with E-state index in [9.17, 15) is 14.4 Å². The molecule has 0 atom stereocenters. The summed E-state index contributed by atoms with van der Waals surface area (Å²) in [6, 6.07) is 13.3. The molecule has 10 nitrogen and oxygen atoms in total. The van der Waals surface area contributed by atoms with Crippen molar-refractivity contribution < 1.29 is 14.3 Å². The van der Waals surface area contributed by atoms with E-state index in [2.05, 4.69) is 25.8 Å². The molecule has 3 aromatic heterocycles. The molecule has 4 aromatic rings. The van der Waals surface area contributed by atoms with Gasteiger partial charge in [0.2, 0.25) is 5.13 Å². The topological polar surface area (TPSA) is 128 Å². The van der Waals surface area contributed by atoms with E-state index >= 15 is 0 Å². The number of hydrogen-bond acceptors (Lipinski definition) is 9. The van der Waals surface area contributed by atoms with E-state index < -0.39 is 6.03 Å². The van der Waals surface area contributed by atoms with Crippen molar-refractivity contribution in [3.05, 3.63) is 76.3 Å². The van der Waals surface area contributed by atoms with Crippen LogP contribution in [-0.4, -0.2) is 38.2 Å². The van der Waals surface area contributed by atoms with Gasteiger partial charge in [-0.25, -0.2) is 9.78 Å². The van der Waals surface area contributed by atoms with E-state index in [1.807, 2.05) is 6.07 Å². The fraction of sp³-hybridized carbons (Fsp3) is 0.182. The van der Waals surface area contributed by atoms with Crippen LogP contribution in [0.5, 0.6) is 0 Å². The standard InChI is InChI=1S/C22H20N6O4S2/c1-2-32-19(30)11-14-6-8-15(9-7-14)24-20(31)25-21-26-27-22(34-21)33-13-16-12-18(29)28-10-4-3-5-17(28)23-16/h3-10,12H,2,11,13H2,1H3,(H2,24,25,26,31). The van der Waals surface area contributed by atoms with Crippen molar-refractivity contribution in [1.29, 1.82) is 0 Å². The number of carbonyl (C=O) groups is 2. The Bertz CT molecular complexity index is 1370. The highest BCUT2D eigenvalue weighted by atomic mass is 32.2. The summed E-state index contributed by atoms with van der Waals surface area (Å²) >= 11 is 2.60. The first-order valence-electron chi connectivity index (χ1n) is 10.3. The highest BCUT2D eigenvalue weighted by Gasteiger charge is 2.11. The van der Waals surface area contributed by atoms with Crippen molar-refractivity contribution in [1.82, 2.24) is 19.6 Å². The Balaban J connectivity index is 1.29. The molecule has 0 bridgehead atoms. The van der Waals surface area contributed by atoms with Gasteiger partial charge in [0.25, 0.3) is 5.56 Å². The fourth-order valence-electron chi connectivity index (χ4n) is 2.98. The van der Waals surface area contributed by atoms with E-state index in [1.165, 1.54) is 33.6 Å². The van der Waals surface area contributed by atoms with E-state index in [0.717, 1.165) is 5.56 Å². The predicted octanol–water partition coefficient (Wildman–Crippen LogP) is 3.59. The number of anilines is 2. The number of esters is 1. The van der Waals surface area contributed by atoms with Crippen LogP contribution in [0.15, 0.2) is 63.9 Å². The van der Waals surface area contributed by atoms with Gasteiger partial charge < -0.3 is 10.1 Å². The minimum Gasteiger partial charge on any atom is -0.466 e. The van der Waals surface area contributed by atoms with Crippen LogP contribution in [0.25, 0.3) is 5.65 Å². The highest BCUT2D eigenvalue weighted by molar-refractivity contribution is 8.00. The summed E-state index contributed by atoms with van der Waals surface area (Å²) in [6.45, 7) is 2.10. The lowest BCUT2D eigenvalue weighted by molar-refractivity contribution is -0.142. The van der Waals surface area contributed by atoms with Gasteiger partial charge in [0, 0.05) is 23.7 Å². The molecule has 0 saturated heterocycles. The van der Waals surface area contributed by atoms with Crippen LogP contribution >= 0.6 is 23.1 Å². The zero-order valence-corrected chi connectivity index (χ0v) is 19.7. The number of hydrogen-bond donors (Lipinski definition) is 2. The lowest BCUT2D eigenvalue weighted by Gasteiger charge is -2.06. The zero-order chi connectivity index (χ0) is 23.9. The molecule has 0 aliphatic heterocycles. The van der Waals surface area contributed by atoms with Crippen molar-refractivity contribution in [3.8, 4) is 0 Å². The number of rotatable bonds is 8. The number of aromatic nitrogens is 4. The van der Waals surface area contributed by atoms with Gasteiger partial charge >= 0.3 is 12.0 Å². The number of amides is 2. The quantitative estimate of drug-likeness (QED) is 0.215. The molecule has 2 N–H and O–H groups in total. The largest absolute Gasteiger partial charge is 0.466 e. The maximum atomic E-state index is 12.3. The highest BCUT2D eigenvalue weighted by Crippen LogP contribution is 2.27. The van der Waals surface area contributed by atoms with Gasteiger partial charge in [-0.05, 0) is 36.8 Å². The van der Waals surface area contributed by atoms with Crippen molar-refractivity contribution in [2.45, 2.75) is 23.4 Å². The van der Waals surface area contributed by atoms with Gasteiger partial charge in [0.1, 0.15) is 5.65 Å². The number of pyridine rings is 1. The smallest absolute Gasteiger partial charge is 0.325 e. The Morgan fingerprint density at radius 3 is 2.74 bits per heavy atom. The molecule has 0 fully saturated rings. The number of urea groups is 1. The molecule has 174 valence electrons. The zero-order valence-electron chi connectivity index (χ0n) is 18.1. The number of fused-ring (bicyclic) bond motifs is 1. The summed E-state index contributed by atoms with van der Waals surface area (Å²) in [5.41, 5.74) is 2.42. The third-order valence-electron chi connectivity index (χ3n) is 4.46. The van der Waals surface area contributed by atoms with Gasteiger partial charge in [-0.1, -0.05) is 41.3 Å². The Morgan fingerprint density at radius 2 is 1.94 bits per heavy atom. The van der Waals surface area contributed by atoms with Gasteiger partial charge in [0.05, 0.1) is 18.7 Å². The van der Waals surface area contributed by atoms with E-state index in [0.29, 0.717) is 38.9 Å². The van der Waals surface area contributed by atoms with Crippen molar-refractivity contribution in [3.63, 3.8) is 0 Å². The molecule has 3 heterocycles. The molecule has 0 saturated carbocycles. The minimum absolute atomic E-state index is 0.147. The molecule has 0 aliphatic carbocycles. The van der Waals surface area contributed by atoms with Crippen molar-refractivity contribution in [2.75, 3.05) is 17.2 Å². The Kier molecular flexibility index (Phi) is 7.50. The minimum atomic E-state index is -0.463. The average Bonchev–Trinajstić information content (AvgIpc) is 3.26. The summed E-state index contributed by atoms with van der Waals surface area (Å²) in [5.74, 6) is 0.147. The monoisotopic (exact) mass is 496 g/mol. The maximum Gasteiger partial charge on any atom is 0.325 e. The van der Waals surface area contributed by atoms with Gasteiger partial charge in [-0.2, -0.15) is 0 Å². The number of nitrogens with zero attached hydrogens (tertiary/aromatic N) is 4. The van der Waals surface area contributed by atoms with Crippen molar-refractivity contribution in [2.24, 2.45) is 0 Å². The maximum absolute atomic E-state index is 12.3. The van der Waals surface area contributed by atoms with Crippen LogP contribution in [-0.2, 0) is 21.7 Å². The molecule has 4 rings (SSSR count). The Morgan fingerprint density at radius 1 is 1.12 bits per heavy atom. The molecule has 0 radical (unpaired) electrons. The number of thioether (sulfide) groups is 1. The third-order valence-corrected chi connectivity index (χ3v) is 6.47. The normalized spacial score (nSPS) is 10.7. The first-order chi connectivity index (χ1) is 16.5. The summed E-state index contributed by atoms with van der Waals surface area (Å²) in [5, 5.41) is 13.7. The van der Waals surface area contributed by atoms with Crippen LogP contribution in [0.2, 0.25) is 0 Å². The first-order valence-corrected chi connectivity index (χ1v) is 12.1. The molecule has 1 aromatic carbocycles. The fourth-order valence-corrected chi connectivity index (χ4v) is 4.61. The number of ether oxygens (including phenoxy) is 1. The molecule has 2 amide bonds. The molecule has 12 heteroatoms. The molecule has 34 heavy (non-hydrogen) atoms. The van der Waals surface area contributed by atoms with Gasteiger partial charge in [-0.15, -0.1) is 10.2 Å². The van der Waals surface area contributed by atoms with Crippen LogP contribution in [0.1, 0.15) is 18.2 Å². The molecule has 0 unspecified atom stereocenters.